The maximum atomic E-state index is 12.4. The lowest BCUT2D eigenvalue weighted by molar-refractivity contribution is -0.131. The molecule has 0 bridgehead atoms. The Morgan fingerprint density at radius 2 is 2.18 bits per heavy atom. The monoisotopic (exact) mass is 325 g/mol. The number of benzene rings is 1. The average molecular weight is 325 g/mol. The van der Waals surface area contributed by atoms with Crippen LogP contribution < -0.4 is 10.0 Å². The van der Waals surface area contributed by atoms with Gasteiger partial charge < -0.3 is 10.2 Å². The number of amides is 1. The summed E-state index contributed by atoms with van der Waals surface area (Å²) in [6, 6.07) is 7.33. The number of piperidine rings is 1. The quantitative estimate of drug-likeness (QED) is 0.840. The predicted molar refractivity (Wildman–Crippen MR) is 87.3 cm³/mol. The topological polar surface area (TPSA) is 78.5 Å². The van der Waals surface area contributed by atoms with Crippen molar-refractivity contribution in [2.24, 2.45) is 0 Å². The number of likely N-dealkylation sites (tertiary alicyclic amines) is 1. The van der Waals surface area contributed by atoms with E-state index in [1.165, 1.54) is 0 Å². The van der Waals surface area contributed by atoms with E-state index in [2.05, 4.69) is 10.0 Å². The van der Waals surface area contributed by atoms with E-state index in [1.807, 2.05) is 18.0 Å². The summed E-state index contributed by atoms with van der Waals surface area (Å²) in [4.78, 5) is 14.3. The normalized spacial score (nSPS) is 19.0. The molecule has 0 aliphatic carbocycles. The molecule has 1 amide bonds. The maximum Gasteiger partial charge on any atom is 0.229 e. The average Bonchev–Trinajstić information content (AvgIpc) is 2.46. The minimum atomic E-state index is -3.31. The lowest BCUT2D eigenvalue weighted by Crippen LogP contribution is -2.47. The van der Waals surface area contributed by atoms with Gasteiger partial charge in [0, 0.05) is 24.8 Å². The van der Waals surface area contributed by atoms with Crippen LogP contribution in [-0.4, -0.2) is 51.7 Å². The molecule has 1 aromatic carbocycles. The zero-order chi connectivity index (χ0) is 16.2. The molecule has 1 atom stereocenters. The third-order valence-electron chi connectivity index (χ3n) is 3.77. The molecule has 6 nitrogen and oxygen atoms in total. The number of rotatable bonds is 5. The number of carbonyl (C=O) groups excluding carboxylic acids is 1. The summed E-state index contributed by atoms with van der Waals surface area (Å²) in [5, 5.41) is 3.22. The van der Waals surface area contributed by atoms with Crippen LogP contribution in [0.1, 0.15) is 18.4 Å². The molecular weight excluding hydrogens is 302 g/mol. The highest BCUT2D eigenvalue weighted by molar-refractivity contribution is 7.92. The first kappa shape index (κ1) is 16.8. The van der Waals surface area contributed by atoms with Crippen molar-refractivity contribution in [3.05, 3.63) is 29.8 Å². The van der Waals surface area contributed by atoms with E-state index in [4.69, 9.17) is 0 Å². The molecule has 7 heteroatoms. The van der Waals surface area contributed by atoms with Gasteiger partial charge in [-0.3, -0.25) is 9.52 Å². The van der Waals surface area contributed by atoms with Crippen molar-refractivity contribution >= 4 is 21.6 Å². The number of likely N-dealkylation sites (N-methyl/N-ethyl adjacent to an activating group) is 1. The van der Waals surface area contributed by atoms with Gasteiger partial charge in [-0.2, -0.15) is 0 Å². The second-order valence-corrected chi connectivity index (χ2v) is 7.47. The SMILES string of the molecule is CNC1CCCN(C(=O)Cc2cccc(NS(C)(=O)=O)c2)C1. The first-order chi connectivity index (χ1) is 10.4. The van der Waals surface area contributed by atoms with E-state index in [0.717, 1.165) is 37.8 Å². The molecule has 0 aromatic heterocycles. The fourth-order valence-electron chi connectivity index (χ4n) is 2.68. The Morgan fingerprint density at radius 3 is 2.86 bits per heavy atom. The van der Waals surface area contributed by atoms with E-state index in [1.54, 1.807) is 18.2 Å². The number of nitrogens with one attached hydrogen (secondary N) is 2. The van der Waals surface area contributed by atoms with Crippen LogP contribution in [0.5, 0.6) is 0 Å². The molecule has 1 fully saturated rings. The Kier molecular flexibility index (Phi) is 5.42. The van der Waals surface area contributed by atoms with Gasteiger partial charge >= 0.3 is 0 Å². The Morgan fingerprint density at radius 1 is 1.41 bits per heavy atom. The lowest BCUT2D eigenvalue weighted by atomic mass is 10.0. The second-order valence-electron chi connectivity index (χ2n) is 5.72. The Hall–Kier alpha value is -1.60. The molecular formula is C15H23N3O3S. The van der Waals surface area contributed by atoms with Crippen molar-refractivity contribution in [2.75, 3.05) is 31.1 Å². The molecule has 1 heterocycles. The van der Waals surface area contributed by atoms with E-state index < -0.39 is 10.0 Å². The minimum Gasteiger partial charge on any atom is -0.341 e. The van der Waals surface area contributed by atoms with Crippen LogP contribution >= 0.6 is 0 Å². The molecule has 1 saturated heterocycles. The first-order valence-electron chi connectivity index (χ1n) is 7.39. The number of anilines is 1. The summed E-state index contributed by atoms with van der Waals surface area (Å²) >= 11 is 0. The molecule has 2 rings (SSSR count). The molecule has 0 saturated carbocycles. The smallest absolute Gasteiger partial charge is 0.229 e. The molecule has 0 radical (unpaired) electrons. The highest BCUT2D eigenvalue weighted by atomic mass is 32.2. The van der Waals surface area contributed by atoms with Gasteiger partial charge in [-0.05, 0) is 37.6 Å². The molecule has 2 N–H and O–H groups in total. The molecule has 1 aliphatic rings. The van der Waals surface area contributed by atoms with Gasteiger partial charge in [-0.1, -0.05) is 12.1 Å². The van der Waals surface area contributed by atoms with Crippen LogP contribution in [0.15, 0.2) is 24.3 Å². The number of hydrogen-bond acceptors (Lipinski definition) is 4. The Bertz CT molecular complexity index is 631. The van der Waals surface area contributed by atoms with Gasteiger partial charge in [0.15, 0.2) is 0 Å². The highest BCUT2D eigenvalue weighted by Gasteiger charge is 2.22. The Labute approximate surface area is 131 Å². The third kappa shape index (κ3) is 4.99. The van der Waals surface area contributed by atoms with E-state index >= 15 is 0 Å². The van der Waals surface area contributed by atoms with Crippen LogP contribution in [0, 0.1) is 0 Å². The van der Waals surface area contributed by atoms with E-state index in [0.29, 0.717) is 11.7 Å². The standard InChI is InChI=1S/C15H23N3O3S/c1-16-14-7-4-8-18(11-14)15(19)10-12-5-3-6-13(9-12)17-22(2,20)21/h3,5-6,9,14,16-17H,4,7-8,10-11H2,1-2H3. The van der Waals surface area contributed by atoms with Gasteiger partial charge in [-0.25, -0.2) is 8.42 Å². The van der Waals surface area contributed by atoms with Gasteiger partial charge in [0.2, 0.25) is 15.9 Å². The number of sulfonamides is 1. The summed E-state index contributed by atoms with van der Waals surface area (Å²) in [6.07, 6.45) is 3.49. The zero-order valence-corrected chi connectivity index (χ0v) is 13.8. The summed E-state index contributed by atoms with van der Waals surface area (Å²) in [7, 11) is -1.39. The highest BCUT2D eigenvalue weighted by Crippen LogP contribution is 2.15. The van der Waals surface area contributed by atoms with Crippen LogP contribution in [0.3, 0.4) is 0 Å². The van der Waals surface area contributed by atoms with Crippen molar-refractivity contribution in [3.63, 3.8) is 0 Å². The van der Waals surface area contributed by atoms with Crippen molar-refractivity contribution in [3.8, 4) is 0 Å². The minimum absolute atomic E-state index is 0.0801. The van der Waals surface area contributed by atoms with Crippen molar-refractivity contribution < 1.29 is 13.2 Å². The maximum absolute atomic E-state index is 12.4. The molecule has 22 heavy (non-hydrogen) atoms. The van der Waals surface area contributed by atoms with E-state index in [-0.39, 0.29) is 12.3 Å². The lowest BCUT2D eigenvalue weighted by Gasteiger charge is -2.32. The van der Waals surface area contributed by atoms with Crippen molar-refractivity contribution in [2.45, 2.75) is 25.3 Å². The summed E-state index contributed by atoms with van der Waals surface area (Å²) in [5.41, 5.74) is 1.30. The Balaban J connectivity index is 2.01. The molecule has 122 valence electrons. The molecule has 1 unspecified atom stereocenters. The first-order valence-corrected chi connectivity index (χ1v) is 9.28. The number of nitrogens with zero attached hydrogens (tertiary/aromatic N) is 1. The molecule has 1 aromatic rings. The van der Waals surface area contributed by atoms with Crippen molar-refractivity contribution in [1.29, 1.82) is 0 Å². The van der Waals surface area contributed by atoms with Gasteiger partial charge in [0.25, 0.3) is 0 Å². The summed E-state index contributed by atoms with van der Waals surface area (Å²) < 4.78 is 24.9. The zero-order valence-electron chi connectivity index (χ0n) is 13.0. The van der Waals surface area contributed by atoms with Crippen LogP contribution in [0.25, 0.3) is 0 Å². The van der Waals surface area contributed by atoms with Crippen LogP contribution in [-0.2, 0) is 21.2 Å². The fraction of sp³-hybridized carbons (Fsp3) is 0.533. The second kappa shape index (κ2) is 7.11. The van der Waals surface area contributed by atoms with Gasteiger partial charge in [-0.15, -0.1) is 0 Å². The number of hydrogen-bond donors (Lipinski definition) is 2. The largest absolute Gasteiger partial charge is 0.341 e. The fourth-order valence-corrected chi connectivity index (χ4v) is 3.24. The van der Waals surface area contributed by atoms with Crippen LogP contribution in [0.2, 0.25) is 0 Å². The number of carbonyl (C=O) groups is 1. The summed E-state index contributed by atoms with van der Waals surface area (Å²) in [6.45, 7) is 1.52. The predicted octanol–water partition coefficient (Wildman–Crippen LogP) is 0.811. The molecule has 1 aliphatic heterocycles. The van der Waals surface area contributed by atoms with E-state index in [9.17, 15) is 13.2 Å². The summed E-state index contributed by atoms with van der Waals surface area (Å²) in [5.74, 6) is 0.0801. The molecule has 0 spiro atoms. The van der Waals surface area contributed by atoms with Gasteiger partial charge in [0.1, 0.15) is 0 Å². The van der Waals surface area contributed by atoms with Crippen molar-refractivity contribution in [1.82, 2.24) is 10.2 Å². The van der Waals surface area contributed by atoms with Gasteiger partial charge in [0.05, 0.1) is 12.7 Å². The third-order valence-corrected chi connectivity index (χ3v) is 4.37. The van der Waals surface area contributed by atoms with Crippen LogP contribution in [0.4, 0.5) is 5.69 Å².